The Hall–Kier alpha value is -3.84. The van der Waals surface area contributed by atoms with Gasteiger partial charge in [-0.15, -0.1) is 0 Å². The SMILES string of the molecule is CCCCCCCCCCCCCCCCCCOc1cc(C(=O)OCC(=O)O[C@H]2C[C@H](n3cc(C)c(=O)[nH]c3=O)O[C@@H]2CO)cc(OCCCCCCCCCCCCCCCCCC)c1OCCCCCCCCCCCCCCCCCC. The number of hydrogen-bond acceptors (Lipinski definition) is 11. The zero-order valence-corrected chi connectivity index (χ0v) is 55.6. The van der Waals surface area contributed by atoms with E-state index in [4.69, 9.17) is 28.4 Å². The molecule has 3 atom stereocenters. The summed E-state index contributed by atoms with van der Waals surface area (Å²) in [6.07, 6.45) is 60.4. The molecule has 0 radical (unpaired) electrons. The second kappa shape index (κ2) is 53.0. The molecule has 13 heteroatoms. The number of esters is 2. The van der Waals surface area contributed by atoms with Crippen LogP contribution in [0.1, 0.15) is 358 Å². The van der Waals surface area contributed by atoms with Crippen LogP contribution in [0.25, 0.3) is 0 Å². The predicted octanol–water partition coefficient (Wildman–Crippen LogP) is 19.8. The van der Waals surface area contributed by atoms with Crippen molar-refractivity contribution in [1.82, 2.24) is 9.55 Å². The molecule has 1 aliphatic rings. The van der Waals surface area contributed by atoms with Crippen molar-refractivity contribution in [3.63, 3.8) is 0 Å². The fraction of sp³-hybridized carbons (Fsp3) is 0.836. The van der Waals surface area contributed by atoms with Crippen molar-refractivity contribution in [2.75, 3.05) is 33.0 Å². The Kier molecular flexibility index (Phi) is 47.1. The summed E-state index contributed by atoms with van der Waals surface area (Å²) in [6.45, 7) is 8.63. The van der Waals surface area contributed by atoms with E-state index in [1.165, 1.54) is 268 Å². The number of nitrogens with zero attached hydrogens (tertiary/aromatic N) is 1. The van der Waals surface area contributed by atoms with Crippen LogP contribution in [0.4, 0.5) is 0 Å². The Morgan fingerprint density at radius 2 is 0.826 bits per heavy atom. The van der Waals surface area contributed by atoms with Gasteiger partial charge in [-0.1, -0.05) is 310 Å². The Balaban J connectivity index is 1.61. The first-order chi connectivity index (χ1) is 42.2. The van der Waals surface area contributed by atoms with E-state index in [1.54, 1.807) is 19.1 Å². The molecule has 1 fully saturated rings. The lowest BCUT2D eigenvalue weighted by Gasteiger charge is -2.19. The fourth-order valence-electron chi connectivity index (χ4n) is 11.9. The lowest BCUT2D eigenvalue weighted by molar-refractivity contribution is -0.156. The van der Waals surface area contributed by atoms with E-state index in [9.17, 15) is 24.3 Å². The van der Waals surface area contributed by atoms with Crippen molar-refractivity contribution >= 4 is 11.9 Å². The van der Waals surface area contributed by atoms with Gasteiger partial charge in [0, 0.05) is 18.2 Å². The molecule has 0 amide bonds. The third kappa shape index (κ3) is 37.2. The third-order valence-electron chi connectivity index (χ3n) is 17.4. The number of carbonyl (C=O) groups excluding carboxylic acids is 2. The summed E-state index contributed by atoms with van der Waals surface area (Å²) < 4.78 is 38.0. The fourth-order valence-corrected chi connectivity index (χ4v) is 11.9. The van der Waals surface area contributed by atoms with Crippen molar-refractivity contribution < 1.29 is 43.1 Å². The monoisotopic (exact) mass is 1210 g/mol. The van der Waals surface area contributed by atoms with Crippen molar-refractivity contribution in [1.29, 1.82) is 0 Å². The van der Waals surface area contributed by atoms with Gasteiger partial charge in [0.1, 0.15) is 18.4 Å². The number of H-pyrrole nitrogens is 1. The summed E-state index contributed by atoms with van der Waals surface area (Å²) in [5, 5.41) is 10.1. The van der Waals surface area contributed by atoms with E-state index >= 15 is 0 Å². The molecule has 1 aromatic carbocycles. The zero-order chi connectivity index (χ0) is 61.8. The highest BCUT2D eigenvalue weighted by Crippen LogP contribution is 2.40. The molecule has 2 N–H and O–H groups in total. The van der Waals surface area contributed by atoms with Gasteiger partial charge in [0.25, 0.3) is 5.56 Å². The number of ether oxygens (including phenoxy) is 6. The minimum atomic E-state index is -0.936. The molecule has 0 unspecified atom stereocenters. The summed E-state index contributed by atoms with van der Waals surface area (Å²) in [7, 11) is 0. The molecule has 0 aliphatic carbocycles. The highest BCUT2D eigenvalue weighted by molar-refractivity contribution is 5.92. The lowest BCUT2D eigenvalue weighted by Crippen LogP contribution is -2.33. The summed E-state index contributed by atoms with van der Waals surface area (Å²) >= 11 is 0. The summed E-state index contributed by atoms with van der Waals surface area (Å²) in [4.78, 5) is 54.1. The number of aliphatic hydroxyl groups excluding tert-OH is 1. The second-order valence-electron chi connectivity index (χ2n) is 25.4. The highest BCUT2D eigenvalue weighted by Gasteiger charge is 2.39. The number of aromatic nitrogens is 2. The largest absolute Gasteiger partial charge is 0.490 e. The number of aromatic amines is 1. The number of benzene rings is 1. The molecule has 0 bridgehead atoms. The number of aryl methyl sites for hydroxylation is 1. The summed E-state index contributed by atoms with van der Waals surface area (Å²) in [5.74, 6) is -0.240. The highest BCUT2D eigenvalue weighted by atomic mass is 16.6. The van der Waals surface area contributed by atoms with E-state index in [0.717, 1.165) is 51.4 Å². The standard InChI is InChI=1S/C73H128N2O11/c1-5-8-11-14-17-20-23-26-29-32-35-38-41-44-47-50-53-81-65-56-63(72(79)84-61-69(77)86-64-58-68(85-67(64)60-76)75-59-62(4)71(78)74-73(75)80)57-66(82-54-51-48-45-42-39-36-33-30-27-24-21-18-15-12-9-6-2)70(65)83-55-52-49-46-43-40-37-34-31-28-25-22-19-16-13-10-7-3/h56-57,59,64,67-68,76H,5-55,58,60-61H2,1-4H3,(H,74,78,80)/t64-,67+,68+/m0/s1. The second-order valence-corrected chi connectivity index (χ2v) is 25.4. The number of nitrogens with one attached hydrogen (secondary N) is 1. The minimum absolute atomic E-state index is 0.0391. The average molecular weight is 1210 g/mol. The maximum absolute atomic E-state index is 13.9. The van der Waals surface area contributed by atoms with Crippen LogP contribution in [0.15, 0.2) is 27.9 Å². The van der Waals surface area contributed by atoms with E-state index in [2.05, 4.69) is 25.8 Å². The maximum Gasteiger partial charge on any atom is 0.344 e. The van der Waals surface area contributed by atoms with Crippen molar-refractivity contribution in [2.45, 2.75) is 361 Å². The predicted molar refractivity (Wildman–Crippen MR) is 353 cm³/mol. The number of carbonyl (C=O) groups is 2. The number of rotatable bonds is 60. The Morgan fingerprint density at radius 1 is 0.500 bits per heavy atom. The van der Waals surface area contributed by atoms with Crippen molar-refractivity contribution in [3.8, 4) is 17.2 Å². The molecule has 2 heterocycles. The van der Waals surface area contributed by atoms with Gasteiger partial charge in [-0.3, -0.25) is 14.3 Å². The first kappa shape index (κ1) is 76.4. The molecule has 496 valence electrons. The van der Waals surface area contributed by atoms with Gasteiger partial charge < -0.3 is 33.5 Å². The number of aliphatic hydroxyl groups is 1. The number of unbranched alkanes of at least 4 members (excludes halogenated alkanes) is 45. The number of hydrogen-bond donors (Lipinski definition) is 2. The topological polar surface area (TPSA) is 165 Å². The van der Waals surface area contributed by atoms with Gasteiger partial charge in [0.15, 0.2) is 18.1 Å². The average Bonchev–Trinajstić information content (AvgIpc) is 3.68. The Labute approximate surface area is 523 Å². The Morgan fingerprint density at radius 3 is 1.16 bits per heavy atom. The molecular formula is C73H128N2O11. The Bertz CT molecular complexity index is 2010. The van der Waals surface area contributed by atoms with Crippen LogP contribution in [0.3, 0.4) is 0 Å². The van der Waals surface area contributed by atoms with Crippen LogP contribution >= 0.6 is 0 Å². The van der Waals surface area contributed by atoms with Crippen LogP contribution in [0.2, 0.25) is 0 Å². The first-order valence-electron chi connectivity index (χ1n) is 36.2. The van der Waals surface area contributed by atoms with Gasteiger partial charge in [0.2, 0.25) is 5.75 Å². The molecule has 13 nitrogen and oxygen atoms in total. The van der Waals surface area contributed by atoms with Crippen LogP contribution in [0, 0.1) is 6.92 Å². The van der Waals surface area contributed by atoms with Gasteiger partial charge in [0.05, 0.1) is 32.0 Å². The van der Waals surface area contributed by atoms with Crippen LogP contribution < -0.4 is 25.5 Å². The quantitative estimate of drug-likeness (QED) is 0.0478. The maximum atomic E-state index is 13.9. The zero-order valence-electron chi connectivity index (χ0n) is 55.6. The van der Waals surface area contributed by atoms with Crippen molar-refractivity contribution in [2.24, 2.45) is 0 Å². The van der Waals surface area contributed by atoms with Crippen molar-refractivity contribution in [3.05, 3.63) is 50.3 Å². The molecule has 1 saturated heterocycles. The molecule has 1 aromatic heterocycles. The van der Waals surface area contributed by atoms with E-state index in [1.807, 2.05) is 0 Å². The smallest absolute Gasteiger partial charge is 0.344 e. The molecule has 0 spiro atoms. The first-order valence-corrected chi connectivity index (χ1v) is 36.2. The van der Waals surface area contributed by atoms with Crippen LogP contribution in [-0.2, 0) is 19.0 Å². The third-order valence-corrected chi connectivity index (χ3v) is 17.4. The van der Waals surface area contributed by atoms with E-state index in [0.29, 0.717) is 42.6 Å². The normalized spacial score (nSPS) is 14.9. The molecule has 0 saturated carbocycles. The molecule has 3 rings (SSSR count). The van der Waals surface area contributed by atoms with Gasteiger partial charge in [-0.05, 0) is 38.3 Å². The van der Waals surface area contributed by atoms with Crippen LogP contribution in [0.5, 0.6) is 17.2 Å². The molecular weight excluding hydrogens is 1080 g/mol. The van der Waals surface area contributed by atoms with Crippen LogP contribution in [-0.4, -0.2) is 71.8 Å². The summed E-state index contributed by atoms with van der Waals surface area (Å²) in [5.41, 5.74) is -0.717. The molecule has 1 aliphatic heterocycles. The van der Waals surface area contributed by atoms with E-state index < -0.39 is 54.8 Å². The van der Waals surface area contributed by atoms with Gasteiger partial charge in [-0.2, -0.15) is 0 Å². The lowest BCUT2D eigenvalue weighted by atomic mass is 10.0. The van der Waals surface area contributed by atoms with E-state index in [-0.39, 0.29) is 12.0 Å². The minimum Gasteiger partial charge on any atom is -0.490 e. The summed E-state index contributed by atoms with van der Waals surface area (Å²) in [6, 6.07) is 3.29. The molecule has 2 aromatic rings. The van der Waals surface area contributed by atoms with Gasteiger partial charge in [-0.25, -0.2) is 14.4 Å². The van der Waals surface area contributed by atoms with Gasteiger partial charge >= 0.3 is 17.6 Å². The molecule has 86 heavy (non-hydrogen) atoms.